The Morgan fingerprint density at radius 3 is 2.78 bits per heavy atom. The Balaban J connectivity index is 0.00000242. The smallest absolute Gasteiger partial charge is 0.270 e. The second-order valence-corrected chi connectivity index (χ2v) is 6.74. The van der Waals surface area contributed by atoms with Gasteiger partial charge >= 0.3 is 0 Å². The zero-order valence-corrected chi connectivity index (χ0v) is 16.1. The number of nitrogens with one attached hydrogen (secondary N) is 1. The monoisotopic (exact) mass is 382 g/mol. The van der Waals surface area contributed by atoms with Crippen LogP contribution >= 0.6 is 36.2 Å². The summed E-state index contributed by atoms with van der Waals surface area (Å²) in [6.45, 7) is 7.08. The number of carbonyl (C=O) groups is 1. The highest BCUT2D eigenvalue weighted by Gasteiger charge is 2.15. The molecule has 1 aliphatic rings. The van der Waals surface area contributed by atoms with Crippen LogP contribution in [-0.4, -0.2) is 48.5 Å². The number of halogens is 2. The third-order valence-corrected chi connectivity index (χ3v) is 4.86. The van der Waals surface area contributed by atoms with Gasteiger partial charge in [-0.15, -0.1) is 36.2 Å². The van der Waals surface area contributed by atoms with Gasteiger partial charge in [-0.05, 0) is 51.4 Å². The van der Waals surface area contributed by atoms with Crippen LogP contribution in [0.3, 0.4) is 0 Å². The molecule has 1 amide bonds. The highest BCUT2D eigenvalue weighted by atomic mass is 35.5. The average molecular weight is 383 g/mol. The van der Waals surface area contributed by atoms with Crippen LogP contribution in [0.1, 0.15) is 41.7 Å². The first-order chi connectivity index (χ1) is 10.2. The van der Waals surface area contributed by atoms with Crippen molar-refractivity contribution < 1.29 is 4.79 Å². The zero-order valence-electron chi connectivity index (χ0n) is 13.6. The van der Waals surface area contributed by atoms with Gasteiger partial charge in [-0.1, -0.05) is 6.92 Å². The van der Waals surface area contributed by atoms with Crippen LogP contribution in [0.4, 0.5) is 0 Å². The van der Waals surface area contributed by atoms with Crippen molar-refractivity contribution in [3.63, 3.8) is 0 Å². The lowest BCUT2D eigenvalue weighted by atomic mass is 9.99. The summed E-state index contributed by atoms with van der Waals surface area (Å²) in [5, 5.41) is 5.70. The van der Waals surface area contributed by atoms with Crippen molar-refractivity contribution in [1.29, 1.82) is 0 Å². The van der Waals surface area contributed by atoms with E-state index in [9.17, 15) is 4.79 Å². The number of hydrogen-bond donors (Lipinski definition) is 2. The summed E-state index contributed by atoms with van der Waals surface area (Å²) >= 11 is 1.50. The third-order valence-electron chi connectivity index (χ3n) is 3.96. The number of nitrogens with zero attached hydrogens (tertiary/aromatic N) is 2. The summed E-state index contributed by atoms with van der Waals surface area (Å²) in [6, 6.07) is 0. The molecule has 2 heterocycles. The number of amides is 1. The summed E-state index contributed by atoms with van der Waals surface area (Å²) in [6.07, 6.45) is 4.34. The van der Waals surface area contributed by atoms with Crippen LogP contribution in [0.25, 0.3) is 0 Å². The molecule has 3 N–H and O–H groups in total. The SMILES string of the molecule is CC1CCN(CCCNC(=O)c2csc(CCN)n2)CC1.Cl.Cl. The Morgan fingerprint density at radius 1 is 1.43 bits per heavy atom. The molecule has 0 bridgehead atoms. The second-order valence-electron chi connectivity index (χ2n) is 5.80. The maximum Gasteiger partial charge on any atom is 0.270 e. The Bertz CT molecular complexity index is 450. The Hall–Kier alpha value is -0.400. The predicted molar refractivity (Wildman–Crippen MR) is 101 cm³/mol. The number of rotatable bonds is 7. The second kappa shape index (κ2) is 12.0. The van der Waals surface area contributed by atoms with Crippen molar-refractivity contribution in [2.24, 2.45) is 11.7 Å². The van der Waals surface area contributed by atoms with E-state index in [0.717, 1.165) is 30.3 Å². The minimum absolute atomic E-state index is 0. The van der Waals surface area contributed by atoms with E-state index >= 15 is 0 Å². The molecule has 0 saturated carbocycles. The number of likely N-dealkylation sites (tertiary alicyclic amines) is 1. The Labute approximate surface area is 155 Å². The predicted octanol–water partition coefficient (Wildman–Crippen LogP) is 2.34. The molecule has 1 aromatic rings. The van der Waals surface area contributed by atoms with Crippen molar-refractivity contribution in [3.05, 3.63) is 16.1 Å². The highest BCUT2D eigenvalue weighted by Crippen LogP contribution is 2.15. The van der Waals surface area contributed by atoms with Gasteiger partial charge in [0, 0.05) is 18.3 Å². The summed E-state index contributed by atoms with van der Waals surface area (Å²) in [5.74, 6) is 0.801. The molecule has 1 aliphatic heterocycles. The largest absolute Gasteiger partial charge is 0.351 e. The maximum atomic E-state index is 11.9. The van der Waals surface area contributed by atoms with Crippen LogP contribution in [-0.2, 0) is 6.42 Å². The molecule has 0 aliphatic carbocycles. The fourth-order valence-corrected chi connectivity index (χ4v) is 3.33. The van der Waals surface area contributed by atoms with Gasteiger partial charge in [0.15, 0.2) is 0 Å². The van der Waals surface area contributed by atoms with E-state index in [0.29, 0.717) is 18.8 Å². The maximum absolute atomic E-state index is 11.9. The third kappa shape index (κ3) is 7.81. The lowest BCUT2D eigenvalue weighted by Crippen LogP contribution is -2.35. The topological polar surface area (TPSA) is 71.2 Å². The number of thiazole rings is 1. The molecule has 0 spiro atoms. The van der Waals surface area contributed by atoms with Gasteiger partial charge in [0.25, 0.3) is 5.91 Å². The number of aromatic nitrogens is 1. The van der Waals surface area contributed by atoms with E-state index in [1.807, 2.05) is 5.38 Å². The molecule has 1 fully saturated rings. The molecular formula is C15H28Cl2N4OS. The summed E-state index contributed by atoms with van der Waals surface area (Å²) < 4.78 is 0. The molecule has 1 saturated heterocycles. The van der Waals surface area contributed by atoms with Gasteiger partial charge in [-0.3, -0.25) is 4.79 Å². The first kappa shape index (κ1) is 22.6. The first-order valence-electron chi connectivity index (χ1n) is 7.84. The minimum atomic E-state index is -0.0678. The van der Waals surface area contributed by atoms with Crippen LogP contribution in [0.5, 0.6) is 0 Å². The fourth-order valence-electron chi connectivity index (χ4n) is 2.53. The van der Waals surface area contributed by atoms with E-state index in [1.165, 1.54) is 37.3 Å². The van der Waals surface area contributed by atoms with Crippen LogP contribution in [0.2, 0.25) is 0 Å². The summed E-state index contributed by atoms with van der Waals surface area (Å²) in [7, 11) is 0. The number of nitrogens with two attached hydrogens (primary N) is 1. The molecule has 23 heavy (non-hydrogen) atoms. The van der Waals surface area contributed by atoms with Gasteiger partial charge in [0.05, 0.1) is 5.01 Å². The highest BCUT2D eigenvalue weighted by molar-refractivity contribution is 7.09. The fraction of sp³-hybridized carbons (Fsp3) is 0.733. The average Bonchev–Trinajstić information content (AvgIpc) is 2.94. The van der Waals surface area contributed by atoms with Crippen molar-refractivity contribution in [2.75, 3.05) is 32.7 Å². The van der Waals surface area contributed by atoms with Gasteiger partial charge in [0.2, 0.25) is 0 Å². The van der Waals surface area contributed by atoms with Crippen molar-refractivity contribution in [2.45, 2.75) is 32.6 Å². The van der Waals surface area contributed by atoms with Crippen molar-refractivity contribution in [3.8, 4) is 0 Å². The van der Waals surface area contributed by atoms with E-state index in [4.69, 9.17) is 5.73 Å². The normalized spacial score (nSPS) is 15.6. The lowest BCUT2D eigenvalue weighted by Gasteiger charge is -2.30. The minimum Gasteiger partial charge on any atom is -0.351 e. The molecule has 2 rings (SSSR count). The molecule has 0 atom stereocenters. The molecule has 1 aromatic heterocycles. The van der Waals surface area contributed by atoms with Gasteiger partial charge in [-0.2, -0.15) is 0 Å². The molecular weight excluding hydrogens is 355 g/mol. The van der Waals surface area contributed by atoms with E-state index in [2.05, 4.69) is 22.1 Å². The summed E-state index contributed by atoms with van der Waals surface area (Å²) in [4.78, 5) is 18.7. The van der Waals surface area contributed by atoms with Crippen LogP contribution in [0, 0.1) is 5.92 Å². The molecule has 0 radical (unpaired) electrons. The number of piperidine rings is 1. The molecule has 5 nitrogen and oxygen atoms in total. The van der Waals surface area contributed by atoms with Crippen molar-refractivity contribution >= 4 is 42.1 Å². The molecule has 8 heteroatoms. The van der Waals surface area contributed by atoms with E-state index in [-0.39, 0.29) is 30.7 Å². The van der Waals surface area contributed by atoms with Gasteiger partial charge in [-0.25, -0.2) is 4.98 Å². The molecule has 134 valence electrons. The quantitative estimate of drug-likeness (QED) is 0.709. The standard InChI is InChI=1S/C15H26N4OS.2ClH/c1-12-4-9-19(10-5-12)8-2-7-17-15(20)13-11-21-14(18-13)3-6-16;;/h11-12H,2-10,16H2,1H3,(H,17,20);2*1H. The number of hydrogen-bond acceptors (Lipinski definition) is 5. The molecule has 0 aromatic carbocycles. The van der Waals surface area contributed by atoms with Gasteiger partial charge < -0.3 is 16.0 Å². The Morgan fingerprint density at radius 2 is 2.13 bits per heavy atom. The van der Waals surface area contributed by atoms with Gasteiger partial charge in [0.1, 0.15) is 5.69 Å². The van der Waals surface area contributed by atoms with E-state index < -0.39 is 0 Å². The van der Waals surface area contributed by atoms with Crippen LogP contribution in [0.15, 0.2) is 5.38 Å². The molecule has 0 unspecified atom stereocenters. The number of carbonyl (C=O) groups excluding carboxylic acids is 1. The van der Waals surface area contributed by atoms with E-state index in [1.54, 1.807) is 0 Å². The van der Waals surface area contributed by atoms with Crippen molar-refractivity contribution in [1.82, 2.24) is 15.2 Å². The Kier molecular flexibility index (Phi) is 11.8. The lowest BCUT2D eigenvalue weighted by molar-refractivity contribution is 0.0946. The first-order valence-corrected chi connectivity index (χ1v) is 8.72. The summed E-state index contributed by atoms with van der Waals surface area (Å²) in [5.41, 5.74) is 6.01. The zero-order chi connectivity index (χ0) is 15.1. The van der Waals surface area contributed by atoms with Crippen LogP contribution < -0.4 is 11.1 Å².